The summed E-state index contributed by atoms with van der Waals surface area (Å²) >= 11 is 0. The maximum Gasteiger partial charge on any atom is 0.308 e. The fourth-order valence-corrected chi connectivity index (χ4v) is 6.15. The van der Waals surface area contributed by atoms with Crippen LogP contribution in [0.15, 0.2) is 42.5 Å². The van der Waals surface area contributed by atoms with Crippen LogP contribution in [-0.4, -0.2) is 78.2 Å². The third kappa shape index (κ3) is 5.78. The SMILES string of the molecule is CCCCN(C(=O)CN1CC(c2ccc3c(c2)OCO3)C(C(=O)O)C1CN1CCCC1=O)c1cccc(CN)c1. The van der Waals surface area contributed by atoms with Crippen molar-refractivity contribution in [2.75, 3.05) is 44.4 Å². The number of nitrogens with two attached hydrogens (primary N) is 1. The number of benzene rings is 2. The number of nitrogens with zero attached hydrogens (tertiary/aromatic N) is 3. The fraction of sp³-hybridized carbons (Fsp3) is 0.500. The number of amides is 2. The summed E-state index contributed by atoms with van der Waals surface area (Å²) in [7, 11) is 0. The number of aliphatic carboxylic acids is 1. The van der Waals surface area contributed by atoms with Gasteiger partial charge in [-0.1, -0.05) is 31.5 Å². The van der Waals surface area contributed by atoms with Crippen molar-refractivity contribution in [3.8, 4) is 11.5 Å². The molecule has 2 saturated heterocycles. The second-order valence-corrected chi connectivity index (χ2v) is 10.8. The minimum atomic E-state index is -0.937. The first-order valence-electron chi connectivity index (χ1n) is 14.1. The van der Waals surface area contributed by atoms with Crippen LogP contribution >= 0.6 is 0 Å². The first kappa shape index (κ1) is 27.9. The third-order valence-corrected chi connectivity index (χ3v) is 8.27. The Kier molecular flexibility index (Phi) is 8.56. The fourth-order valence-electron chi connectivity index (χ4n) is 6.15. The minimum absolute atomic E-state index is 0.0325. The van der Waals surface area contributed by atoms with E-state index in [0.717, 1.165) is 36.1 Å². The lowest BCUT2D eigenvalue weighted by atomic mass is 9.85. The zero-order chi connectivity index (χ0) is 28.2. The molecule has 3 N–H and O–H groups in total. The van der Waals surface area contributed by atoms with Crippen molar-refractivity contribution in [1.82, 2.24) is 9.80 Å². The lowest BCUT2D eigenvalue weighted by molar-refractivity contribution is -0.144. The number of anilines is 1. The first-order valence-corrected chi connectivity index (χ1v) is 14.1. The van der Waals surface area contributed by atoms with Crippen LogP contribution in [0.25, 0.3) is 0 Å². The maximum absolute atomic E-state index is 13.9. The Morgan fingerprint density at radius 3 is 2.70 bits per heavy atom. The normalized spacial score (nSPS) is 22.2. The Bertz CT molecular complexity index is 1250. The summed E-state index contributed by atoms with van der Waals surface area (Å²) in [6.45, 7) is 4.45. The van der Waals surface area contributed by atoms with Gasteiger partial charge in [-0.15, -0.1) is 0 Å². The number of carboxylic acids is 1. The average Bonchev–Trinajstić information content (AvgIpc) is 3.68. The Balaban J connectivity index is 1.45. The van der Waals surface area contributed by atoms with Gasteiger partial charge < -0.3 is 30.1 Å². The Morgan fingerprint density at radius 2 is 1.98 bits per heavy atom. The van der Waals surface area contributed by atoms with Gasteiger partial charge >= 0.3 is 5.97 Å². The highest BCUT2D eigenvalue weighted by atomic mass is 16.7. The Labute approximate surface area is 234 Å². The zero-order valence-electron chi connectivity index (χ0n) is 23.0. The molecule has 0 radical (unpaired) electrons. The van der Waals surface area contributed by atoms with Gasteiger partial charge in [0.2, 0.25) is 18.6 Å². The second kappa shape index (κ2) is 12.3. The minimum Gasteiger partial charge on any atom is -0.481 e. The van der Waals surface area contributed by atoms with Crippen molar-refractivity contribution >= 4 is 23.5 Å². The Hall–Kier alpha value is -3.63. The quantitative estimate of drug-likeness (QED) is 0.438. The van der Waals surface area contributed by atoms with Crippen molar-refractivity contribution in [3.05, 3.63) is 53.6 Å². The number of hydrogen-bond acceptors (Lipinski definition) is 7. The molecule has 3 aliphatic heterocycles. The highest BCUT2D eigenvalue weighted by molar-refractivity contribution is 5.95. The van der Waals surface area contributed by atoms with Crippen LogP contribution in [0.3, 0.4) is 0 Å². The molecule has 2 fully saturated rings. The van der Waals surface area contributed by atoms with Gasteiger partial charge in [0, 0.05) is 56.8 Å². The van der Waals surface area contributed by atoms with E-state index in [9.17, 15) is 19.5 Å². The highest BCUT2D eigenvalue weighted by Gasteiger charge is 2.48. The molecular formula is C30H38N4O6. The van der Waals surface area contributed by atoms with Crippen LogP contribution in [0.1, 0.15) is 49.7 Å². The number of ether oxygens (including phenoxy) is 2. The van der Waals surface area contributed by atoms with E-state index < -0.39 is 17.9 Å². The first-order chi connectivity index (χ1) is 19.4. The molecule has 0 aliphatic carbocycles. The molecule has 2 aromatic carbocycles. The van der Waals surface area contributed by atoms with Crippen LogP contribution in [0.4, 0.5) is 5.69 Å². The molecule has 10 heteroatoms. The number of fused-ring (bicyclic) bond motifs is 1. The molecule has 0 aromatic heterocycles. The van der Waals surface area contributed by atoms with Crippen molar-refractivity contribution < 1.29 is 29.0 Å². The lowest BCUT2D eigenvalue weighted by Crippen LogP contribution is -2.49. The molecule has 40 heavy (non-hydrogen) atoms. The van der Waals surface area contributed by atoms with Gasteiger partial charge in [0.15, 0.2) is 11.5 Å². The van der Waals surface area contributed by atoms with E-state index in [1.807, 2.05) is 41.3 Å². The molecule has 0 saturated carbocycles. The maximum atomic E-state index is 13.9. The van der Waals surface area contributed by atoms with Crippen molar-refractivity contribution in [1.29, 1.82) is 0 Å². The summed E-state index contributed by atoms with van der Waals surface area (Å²) in [4.78, 5) is 44.8. The van der Waals surface area contributed by atoms with Gasteiger partial charge in [-0.2, -0.15) is 0 Å². The molecule has 0 spiro atoms. The molecule has 3 heterocycles. The number of carbonyl (C=O) groups excluding carboxylic acids is 2. The largest absolute Gasteiger partial charge is 0.481 e. The molecule has 214 valence electrons. The number of hydrogen-bond donors (Lipinski definition) is 2. The molecule has 3 aliphatic rings. The number of carbonyl (C=O) groups is 3. The third-order valence-electron chi connectivity index (χ3n) is 8.27. The van der Waals surface area contributed by atoms with Gasteiger partial charge in [0.25, 0.3) is 0 Å². The summed E-state index contributed by atoms with van der Waals surface area (Å²) < 4.78 is 11.0. The van der Waals surface area contributed by atoms with Crippen LogP contribution in [0.2, 0.25) is 0 Å². The van der Waals surface area contributed by atoms with E-state index in [0.29, 0.717) is 44.1 Å². The van der Waals surface area contributed by atoms with Crippen LogP contribution in [0.5, 0.6) is 11.5 Å². The second-order valence-electron chi connectivity index (χ2n) is 10.8. The van der Waals surface area contributed by atoms with Crippen molar-refractivity contribution in [2.24, 2.45) is 11.7 Å². The molecule has 10 nitrogen and oxygen atoms in total. The predicted molar refractivity (Wildman–Crippen MR) is 149 cm³/mol. The number of carboxylic acid groups (broad SMARTS) is 1. The monoisotopic (exact) mass is 550 g/mol. The van der Waals surface area contributed by atoms with E-state index in [-0.39, 0.29) is 37.6 Å². The van der Waals surface area contributed by atoms with Gasteiger partial charge in [-0.25, -0.2) is 0 Å². The Morgan fingerprint density at radius 1 is 1.15 bits per heavy atom. The predicted octanol–water partition coefficient (Wildman–Crippen LogP) is 2.80. The molecule has 2 amide bonds. The number of rotatable bonds is 11. The van der Waals surface area contributed by atoms with Gasteiger partial charge in [0.1, 0.15) is 0 Å². The molecule has 3 atom stereocenters. The summed E-state index contributed by atoms with van der Waals surface area (Å²) in [5.74, 6) is -0.966. The van der Waals surface area contributed by atoms with Crippen LogP contribution in [-0.2, 0) is 20.9 Å². The molecule has 2 aromatic rings. The summed E-state index contributed by atoms with van der Waals surface area (Å²) in [5.41, 5.74) is 8.41. The topological polar surface area (TPSA) is 126 Å². The zero-order valence-corrected chi connectivity index (χ0v) is 23.0. The van der Waals surface area contributed by atoms with E-state index in [1.54, 1.807) is 15.9 Å². The van der Waals surface area contributed by atoms with Crippen molar-refractivity contribution in [3.63, 3.8) is 0 Å². The summed E-state index contributed by atoms with van der Waals surface area (Å²) in [6, 6.07) is 12.7. The summed E-state index contributed by atoms with van der Waals surface area (Å²) in [5, 5.41) is 10.5. The highest BCUT2D eigenvalue weighted by Crippen LogP contribution is 2.42. The summed E-state index contributed by atoms with van der Waals surface area (Å²) in [6.07, 6.45) is 2.99. The van der Waals surface area contributed by atoms with Crippen molar-refractivity contribution in [2.45, 2.75) is 51.1 Å². The van der Waals surface area contributed by atoms with E-state index in [1.165, 1.54) is 0 Å². The van der Waals surface area contributed by atoms with E-state index in [2.05, 4.69) is 6.92 Å². The van der Waals surface area contributed by atoms with E-state index in [4.69, 9.17) is 15.2 Å². The number of unbranched alkanes of at least 4 members (excludes halogenated alkanes) is 1. The molecule has 5 rings (SSSR count). The van der Waals surface area contributed by atoms with Gasteiger partial charge in [-0.3, -0.25) is 19.3 Å². The number of likely N-dealkylation sites (tertiary alicyclic amines) is 2. The molecule has 3 unspecified atom stereocenters. The smallest absolute Gasteiger partial charge is 0.308 e. The average molecular weight is 551 g/mol. The van der Waals surface area contributed by atoms with Crippen LogP contribution < -0.4 is 20.1 Å². The lowest BCUT2D eigenvalue weighted by Gasteiger charge is -2.32. The molecular weight excluding hydrogens is 512 g/mol. The van der Waals surface area contributed by atoms with Crippen LogP contribution in [0, 0.1) is 5.92 Å². The van der Waals surface area contributed by atoms with Gasteiger partial charge in [-0.05, 0) is 48.2 Å². The molecule has 0 bridgehead atoms. The van der Waals surface area contributed by atoms with E-state index >= 15 is 0 Å². The standard InChI is InChI=1S/C30H38N4O6/c1-2-3-12-34(22-7-4-6-20(13-22)15-31)28(36)18-33-16-23(21-9-10-25-26(14-21)40-19-39-25)29(30(37)38)24(33)17-32-11-5-8-27(32)35/h4,6-7,9-10,13-14,23-24,29H,2-3,5,8,11-12,15-19,31H2,1H3,(H,37,38). The van der Waals surface area contributed by atoms with Gasteiger partial charge in [0.05, 0.1) is 12.5 Å².